The molecule has 0 aliphatic carbocycles. The molecule has 0 fully saturated rings. The number of phenolic OH excluding ortho intramolecular Hbond substituents is 1. The number of aromatic hydroxyl groups is 1. The number of benzene rings is 1. The number of carbonyl (C=O) groups excluding carboxylic acids is 1. The van der Waals surface area contributed by atoms with Crippen LogP contribution in [0.3, 0.4) is 0 Å². The Kier molecular flexibility index (Phi) is 6.60. The van der Waals surface area contributed by atoms with E-state index in [0.29, 0.717) is 40.5 Å². The molecule has 1 heterocycles. The van der Waals surface area contributed by atoms with E-state index in [2.05, 4.69) is 5.32 Å². The molecular weight excluding hydrogens is 350 g/mol. The number of nitrogens with one attached hydrogen (secondary N) is 1. The first-order valence-corrected chi connectivity index (χ1v) is 9.03. The second-order valence-corrected chi connectivity index (χ2v) is 6.68. The van der Waals surface area contributed by atoms with E-state index in [0.717, 1.165) is 6.42 Å². The van der Waals surface area contributed by atoms with Crippen LogP contribution in [0.25, 0.3) is 11.0 Å². The van der Waals surface area contributed by atoms with E-state index in [9.17, 15) is 24.6 Å². The van der Waals surface area contributed by atoms with Gasteiger partial charge in [-0.05, 0) is 44.4 Å². The predicted molar refractivity (Wildman–Crippen MR) is 101 cm³/mol. The monoisotopic (exact) mass is 375 g/mol. The smallest absolute Gasteiger partial charge is 0.339 e. The quantitative estimate of drug-likeness (QED) is 0.611. The Bertz CT molecular complexity index is 915. The van der Waals surface area contributed by atoms with Crippen molar-refractivity contribution < 1.29 is 24.2 Å². The van der Waals surface area contributed by atoms with Gasteiger partial charge in [0.2, 0.25) is 5.91 Å². The van der Waals surface area contributed by atoms with E-state index in [4.69, 9.17) is 4.42 Å². The molecule has 146 valence electrons. The summed E-state index contributed by atoms with van der Waals surface area (Å²) in [5.74, 6) is -1.43. The maximum Gasteiger partial charge on any atom is 0.339 e. The number of carboxylic acid groups (broad SMARTS) is 1. The van der Waals surface area contributed by atoms with Crippen LogP contribution < -0.4 is 10.9 Å². The minimum atomic E-state index is -1.06. The Labute approximate surface area is 157 Å². The van der Waals surface area contributed by atoms with Gasteiger partial charge in [0, 0.05) is 22.9 Å². The van der Waals surface area contributed by atoms with E-state index in [-0.39, 0.29) is 18.6 Å². The molecule has 1 amide bonds. The minimum absolute atomic E-state index is 0.00984. The molecular formula is C20H25NO6. The van der Waals surface area contributed by atoms with E-state index >= 15 is 0 Å². The topological polar surface area (TPSA) is 117 Å². The zero-order valence-corrected chi connectivity index (χ0v) is 15.8. The zero-order valence-electron chi connectivity index (χ0n) is 15.8. The first-order valence-electron chi connectivity index (χ1n) is 9.03. The van der Waals surface area contributed by atoms with Crippen molar-refractivity contribution in [2.75, 3.05) is 0 Å². The lowest BCUT2D eigenvalue weighted by atomic mass is 10.00. The highest BCUT2D eigenvalue weighted by Gasteiger charge is 2.20. The molecule has 0 saturated carbocycles. The summed E-state index contributed by atoms with van der Waals surface area (Å²) in [6, 6.07) is 2.29. The van der Waals surface area contributed by atoms with Crippen LogP contribution >= 0.6 is 0 Å². The fourth-order valence-electron chi connectivity index (χ4n) is 3.04. The van der Waals surface area contributed by atoms with Gasteiger partial charge in [-0.3, -0.25) is 4.79 Å². The van der Waals surface area contributed by atoms with Crippen molar-refractivity contribution in [2.45, 2.75) is 58.9 Å². The molecule has 0 saturated heterocycles. The average Bonchev–Trinajstić information content (AvgIpc) is 2.61. The third-order valence-electron chi connectivity index (χ3n) is 4.76. The van der Waals surface area contributed by atoms with Gasteiger partial charge in [0.15, 0.2) is 0 Å². The van der Waals surface area contributed by atoms with Gasteiger partial charge in [-0.2, -0.15) is 0 Å². The Morgan fingerprint density at radius 2 is 1.93 bits per heavy atom. The van der Waals surface area contributed by atoms with Crippen molar-refractivity contribution in [3.05, 3.63) is 39.2 Å². The Balaban J connectivity index is 2.17. The Morgan fingerprint density at radius 1 is 1.22 bits per heavy atom. The highest BCUT2D eigenvalue weighted by molar-refractivity contribution is 5.86. The molecule has 1 atom stereocenters. The number of fused-ring (bicyclic) bond motifs is 1. The van der Waals surface area contributed by atoms with Crippen molar-refractivity contribution in [2.24, 2.45) is 0 Å². The molecule has 27 heavy (non-hydrogen) atoms. The summed E-state index contributed by atoms with van der Waals surface area (Å²) in [5.41, 5.74) is 1.33. The van der Waals surface area contributed by atoms with Gasteiger partial charge in [-0.25, -0.2) is 9.59 Å². The maximum absolute atomic E-state index is 12.3. The molecule has 2 aromatic rings. The Morgan fingerprint density at radius 3 is 2.56 bits per heavy atom. The zero-order chi connectivity index (χ0) is 20.1. The fourth-order valence-corrected chi connectivity index (χ4v) is 3.04. The standard InChI is InChI=1S/C20H25NO6/c1-4-5-6-15(19(24)25)21-17(23)10-8-14-11(2)13-7-9-16(22)12(3)18(13)27-20(14)26/h7,9,15,22H,4-6,8,10H2,1-3H3,(H,21,23)(H,24,25)/t15-/m1/s1. The van der Waals surface area contributed by atoms with Crippen molar-refractivity contribution in [3.63, 3.8) is 0 Å². The van der Waals surface area contributed by atoms with Crippen LogP contribution in [-0.4, -0.2) is 28.1 Å². The number of carboxylic acids is 1. The summed E-state index contributed by atoms with van der Waals surface area (Å²) >= 11 is 0. The lowest BCUT2D eigenvalue weighted by Crippen LogP contribution is -2.40. The van der Waals surface area contributed by atoms with Gasteiger partial charge in [0.05, 0.1) is 0 Å². The van der Waals surface area contributed by atoms with Crippen LogP contribution in [0.15, 0.2) is 21.3 Å². The van der Waals surface area contributed by atoms with E-state index < -0.39 is 23.5 Å². The molecule has 0 spiro atoms. The van der Waals surface area contributed by atoms with Crippen molar-refractivity contribution >= 4 is 22.8 Å². The highest BCUT2D eigenvalue weighted by atomic mass is 16.4. The lowest BCUT2D eigenvalue weighted by molar-refractivity contribution is -0.142. The molecule has 2 rings (SSSR count). The molecule has 7 nitrogen and oxygen atoms in total. The number of phenols is 1. The number of aryl methyl sites for hydroxylation is 2. The maximum atomic E-state index is 12.3. The SMILES string of the molecule is CCCC[C@@H](NC(=O)CCc1c(C)c2ccc(O)c(C)c2oc1=O)C(=O)O. The number of unbranched alkanes of at least 4 members (excludes halogenated alkanes) is 1. The number of aliphatic carboxylic acids is 1. The first kappa shape index (κ1) is 20.5. The van der Waals surface area contributed by atoms with E-state index in [1.165, 1.54) is 6.07 Å². The molecule has 0 unspecified atom stereocenters. The molecule has 0 bridgehead atoms. The summed E-state index contributed by atoms with van der Waals surface area (Å²) < 4.78 is 5.35. The normalized spacial score (nSPS) is 12.1. The minimum Gasteiger partial charge on any atom is -0.508 e. The second-order valence-electron chi connectivity index (χ2n) is 6.68. The second kappa shape index (κ2) is 8.70. The fraction of sp³-hybridized carbons (Fsp3) is 0.450. The summed E-state index contributed by atoms with van der Waals surface area (Å²) in [6.45, 7) is 5.38. The number of hydrogen-bond acceptors (Lipinski definition) is 5. The van der Waals surface area contributed by atoms with Gasteiger partial charge >= 0.3 is 11.6 Å². The summed E-state index contributed by atoms with van der Waals surface area (Å²) in [7, 11) is 0. The average molecular weight is 375 g/mol. The number of hydrogen-bond donors (Lipinski definition) is 3. The highest BCUT2D eigenvalue weighted by Crippen LogP contribution is 2.28. The Hall–Kier alpha value is -2.83. The van der Waals surface area contributed by atoms with Crippen LogP contribution in [0, 0.1) is 13.8 Å². The molecule has 0 aliphatic rings. The molecule has 1 aromatic carbocycles. The van der Waals surface area contributed by atoms with Crippen LogP contribution in [0.2, 0.25) is 0 Å². The van der Waals surface area contributed by atoms with Gasteiger partial charge in [-0.1, -0.05) is 19.8 Å². The van der Waals surface area contributed by atoms with Gasteiger partial charge < -0.3 is 19.9 Å². The summed E-state index contributed by atoms with van der Waals surface area (Å²) in [6.07, 6.45) is 2.06. The van der Waals surface area contributed by atoms with Crippen LogP contribution in [0.1, 0.15) is 49.3 Å². The van der Waals surface area contributed by atoms with Crippen molar-refractivity contribution in [1.82, 2.24) is 5.32 Å². The lowest BCUT2D eigenvalue weighted by Gasteiger charge is -2.14. The number of carbonyl (C=O) groups is 2. The molecule has 7 heteroatoms. The van der Waals surface area contributed by atoms with Gasteiger partial charge in [0.1, 0.15) is 17.4 Å². The van der Waals surface area contributed by atoms with Gasteiger partial charge in [-0.15, -0.1) is 0 Å². The largest absolute Gasteiger partial charge is 0.508 e. The van der Waals surface area contributed by atoms with Crippen molar-refractivity contribution in [1.29, 1.82) is 0 Å². The number of rotatable bonds is 8. The van der Waals surface area contributed by atoms with E-state index in [1.54, 1.807) is 19.9 Å². The molecule has 3 N–H and O–H groups in total. The predicted octanol–water partition coefficient (Wildman–Crippen LogP) is 2.81. The summed E-state index contributed by atoms with van der Waals surface area (Å²) in [4.78, 5) is 35.7. The van der Waals surface area contributed by atoms with Crippen LogP contribution in [-0.2, 0) is 16.0 Å². The first-order chi connectivity index (χ1) is 12.8. The molecule has 0 aliphatic heterocycles. The number of amides is 1. The molecule has 1 aromatic heterocycles. The third-order valence-corrected chi connectivity index (χ3v) is 4.76. The van der Waals surface area contributed by atoms with Crippen LogP contribution in [0.5, 0.6) is 5.75 Å². The van der Waals surface area contributed by atoms with Crippen LogP contribution in [0.4, 0.5) is 0 Å². The summed E-state index contributed by atoms with van der Waals surface area (Å²) in [5, 5.41) is 22.2. The molecule has 0 radical (unpaired) electrons. The van der Waals surface area contributed by atoms with Crippen molar-refractivity contribution in [3.8, 4) is 5.75 Å². The van der Waals surface area contributed by atoms with Gasteiger partial charge in [0.25, 0.3) is 0 Å². The van der Waals surface area contributed by atoms with E-state index in [1.807, 2.05) is 6.92 Å². The third kappa shape index (κ3) is 4.67.